The highest BCUT2D eigenvalue weighted by Gasteiger charge is 2.33. The molecule has 0 fully saturated rings. The van der Waals surface area contributed by atoms with Gasteiger partial charge in [-0.3, -0.25) is 14.2 Å². The average molecular weight is 547 g/mol. The highest BCUT2D eigenvalue weighted by Crippen LogP contribution is 2.32. The van der Waals surface area contributed by atoms with E-state index in [4.69, 9.17) is 26.7 Å². The molecule has 0 radical (unpaired) electrons. The molecule has 0 aliphatic heterocycles. The molecule has 200 valence electrons. The van der Waals surface area contributed by atoms with E-state index in [2.05, 4.69) is 0 Å². The van der Waals surface area contributed by atoms with E-state index in [1.807, 2.05) is 44.2 Å². The molecule has 2 aromatic heterocycles. The predicted octanol–water partition coefficient (Wildman–Crippen LogP) is 5.78. The van der Waals surface area contributed by atoms with Gasteiger partial charge >= 0.3 is 0 Å². The van der Waals surface area contributed by atoms with E-state index in [1.165, 1.54) is 18.2 Å². The van der Waals surface area contributed by atoms with Crippen LogP contribution in [0.3, 0.4) is 0 Å². The van der Waals surface area contributed by atoms with Gasteiger partial charge in [-0.25, -0.2) is 9.37 Å². The zero-order valence-electron chi connectivity index (χ0n) is 21.6. The summed E-state index contributed by atoms with van der Waals surface area (Å²) in [4.78, 5) is 34.4. The summed E-state index contributed by atoms with van der Waals surface area (Å²) in [5.74, 6) is -0.521. The quantitative estimate of drug-likeness (QED) is 0.266. The fourth-order valence-corrected chi connectivity index (χ4v) is 5.05. The van der Waals surface area contributed by atoms with Gasteiger partial charge in [0.05, 0.1) is 12.6 Å². The molecule has 0 saturated carbocycles. The first-order chi connectivity index (χ1) is 18.8. The van der Waals surface area contributed by atoms with Gasteiger partial charge in [0.25, 0.3) is 11.5 Å². The zero-order chi connectivity index (χ0) is 27.7. The highest BCUT2D eigenvalue weighted by atomic mass is 35.5. The predicted molar refractivity (Wildman–Crippen MR) is 150 cm³/mol. The molecule has 2 N–H and O–H groups in total. The molecule has 0 unspecified atom stereocenters. The molecular formula is C30H28ClFN4O3. The van der Waals surface area contributed by atoms with Crippen LogP contribution in [0.4, 0.5) is 4.39 Å². The number of hydrogen-bond donors (Lipinski definition) is 1. The van der Waals surface area contributed by atoms with E-state index < -0.39 is 17.4 Å². The molecule has 3 aromatic carbocycles. The first-order valence-corrected chi connectivity index (χ1v) is 13.1. The lowest BCUT2D eigenvalue weighted by Gasteiger charge is -2.35. The van der Waals surface area contributed by atoms with Crippen LogP contribution in [0.15, 0.2) is 82.0 Å². The van der Waals surface area contributed by atoms with Crippen molar-refractivity contribution in [1.82, 2.24) is 14.5 Å². The van der Waals surface area contributed by atoms with Gasteiger partial charge in [0.1, 0.15) is 22.7 Å². The summed E-state index contributed by atoms with van der Waals surface area (Å²) < 4.78 is 21.6. The van der Waals surface area contributed by atoms with Crippen molar-refractivity contribution >= 4 is 39.6 Å². The second kappa shape index (κ2) is 11.0. The Kier molecular flexibility index (Phi) is 7.50. The van der Waals surface area contributed by atoms with E-state index in [-0.39, 0.29) is 42.6 Å². The van der Waals surface area contributed by atoms with E-state index in [0.717, 1.165) is 5.56 Å². The van der Waals surface area contributed by atoms with Crippen LogP contribution < -0.4 is 11.3 Å². The van der Waals surface area contributed by atoms with Crippen molar-refractivity contribution in [3.63, 3.8) is 0 Å². The maximum Gasteiger partial charge on any atom is 0.297 e. The fourth-order valence-electron chi connectivity index (χ4n) is 4.92. The normalized spacial score (nSPS) is 12.4. The minimum atomic E-state index is -0.629. The lowest BCUT2D eigenvalue weighted by Crippen LogP contribution is -2.43. The van der Waals surface area contributed by atoms with Gasteiger partial charge in [-0.1, -0.05) is 55.8 Å². The van der Waals surface area contributed by atoms with Crippen molar-refractivity contribution in [2.75, 3.05) is 13.1 Å². The van der Waals surface area contributed by atoms with Gasteiger partial charge in [-0.2, -0.15) is 0 Å². The third kappa shape index (κ3) is 5.17. The largest absolute Gasteiger partial charge is 0.448 e. The Hall–Kier alpha value is -4.01. The molecule has 5 rings (SSSR count). The molecule has 5 aromatic rings. The Morgan fingerprint density at radius 2 is 1.82 bits per heavy atom. The van der Waals surface area contributed by atoms with Crippen molar-refractivity contribution < 1.29 is 13.6 Å². The molecule has 0 aliphatic carbocycles. The second-order valence-corrected chi connectivity index (χ2v) is 10.2. The molecule has 9 heteroatoms. The van der Waals surface area contributed by atoms with Crippen LogP contribution in [-0.4, -0.2) is 33.4 Å². The smallest absolute Gasteiger partial charge is 0.297 e. The first kappa shape index (κ1) is 26.6. The summed E-state index contributed by atoms with van der Waals surface area (Å²) in [6, 6.07) is 19.6. The first-order valence-electron chi connectivity index (χ1n) is 12.7. The van der Waals surface area contributed by atoms with Gasteiger partial charge in [-0.15, -0.1) is 0 Å². The Morgan fingerprint density at radius 3 is 2.49 bits per heavy atom. The van der Waals surface area contributed by atoms with Crippen LogP contribution in [-0.2, 0) is 6.54 Å². The van der Waals surface area contributed by atoms with Crippen molar-refractivity contribution in [2.24, 2.45) is 11.7 Å². The molecular weight excluding hydrogens is 519 g/mol. The van der Waals surface area contributed by atoms with Crippen molar-refractivity contribution in [3.8, 4) is 0 Å². The van der Waals surface area contributed by atoms with E-state index in [0.29, 0.717) is 27.4 Å². The number of aromatic nitrogens is 2. The number of furan rings is 1. The second-order valence-electron chi connectivity index (χ2n) is 9.75. The Morgan fingerprint density at radius 1 is 1.10 bits per heavy atom. The number of nitrogens with two attached hydrogens (primary N) is 1. The Balaban J connectivity index is 1.76. The molecule has 0 bridgehead atoms. The zero-order valence-corrected chi connectivity index (χ0v) is 22.4. The van der Waals surface area contributed by atoms with Gasteiger partial charge in [0, 0.05) is 29.1 Å². The number of fused-ring (bicyclic) bond motifs is 3. The minimum absolute atomic E-state index is 0.0344. The van der Waals surface area contributed by atoms with Crippen LogP contribution >= 0.6 is 11.6 Å². The van der Waals surface area contributed by atoms with Gasteiger partial charge in [-0.05, 0) is 53.9 Å². The minimum Gasteiger partial charge on any atom is -0.448 e. The van der Waals surface area contributed by atoms with Crippen molar-refractivity contribution in [1.29, 1.82) is 0 Å². The number of benzene rings is 3. The standard InChI is InChI=1S/C30H28ClFN4O3/c1-18(2)26(35(15-14-33)29(37)20-8-10-21(31)11-9-20)28-34-25-23-16-22(32)12-13-24(23)39-27(25)30(38)36(28)17-19-6-4-3-5-7-19/h3-13,16,18,26H,14-15,17,33H2,1-2H3/t26-/m1/s1. The van der Waals surface area contributed by atoms with Crippen LogP contribution in [0.2, 0.25) is 5.02 Å². The van der Waals surface area contributed by atoms with Crippen molar-refractivity contribution in [2.45, 2.75) is 26.4 Å². The van der Waals surface area contributed by atoms with Crippen LogP contribution in [0, 0.1) is 11.7 Å². The fraction of sp³-hybridized carbons (Fsp3) is 0.233. The molecule has 0 aliphatic rings. The lowest BCUT2D eigenvalue weighted by atomic mass is 9.99. The molecule has 39 heavy (non-hydrogen) atoms. The van der Waals surface area contributed by atoms with Gasteiger partial charge in [0.2, 0.25) is 5.58 Å². The molecule has 7 nitrogen and oxygen atoms in total. The van der Waals surface area contributed by atoms with E-state index in [1.54, 1.807) is 33.7 Å². The third-order valence-corrected chi connectivity index (χ3v) is 6.96. The van der Waals surface area contributed by atoms with E-state index in [9.17, 15) is 14.0 Å². The molecule has 0 saturated heterocycles. The lowest BCUT2D eigenvalue weighted by molar-refractivity contribution is 0.0612. The number of carbonyl (C=O) groups is 1. The summed E-state index contributed by atoms with van der Waals surface area (Å²) >= 11 is 6.06. The summed E-state index contributed by atoms with van der Waals surface area (Å²) in [6.45, 7) is 4.55. The number of rotatable bonds is 8. The summed E-state index contributed by atoms with van der Waals surface area (Å²) in [7, 11) is 0. The summed E-state index contributed by atoms with van der Waals surface area (Å²) in [5.41, 5.74) is 7.53. The van der Waals surface area contributed by atoms with Gasteiger partial charge < -0.3 is 15.1 Å². The number of carbonyl (C=O) groups excluding carboxylic acids is 1. The topological polar surface area (TPSA) is 94.4 Å². The molecule has 1 atom stereocenters. The summed E-state index contributed by atoms with van der Waals surface area (Å²) in [6.07, 6.45) is 0. The average Bonchev–Trinajstić information content (AvgIpc) is 3.29. The van der Waals surface area contributed by atoms with Gasteiger partial charge in [0.15, 0.2) is 0 Å². The third-order valence-electron chi connectivity index (χ3n) is 6.70. The Labute approximate surface area is 229 Å². The highest BCUT2D eigenvalue weighted by molar-refractivity contribution is 6.30. The summed E-state index contributed by atoms with van der Waals surface area (Å²) in [5, 5.41) is 0.910. The van der Waals surface area contributed by atoms with Crippen LogP contribution in [0.25, 0.3) is 22.1 Å². The maximum absolute atomic E-state index is 14.2. The number of nitrogens with zero attached hydrogens (tertiary/aromatic N) is 3. The van der Waals surface area contributed by atoms with Crippen LogP contribution in [0.1, 0.15) is 41.6 Å². The molecule has 1 amide bonds. The molecule has 0 spiro atoms. The van der Waals surface area contributed by atoms with E-state index >= 15 is 0 Å². The number of halogens is 2. The monoisotopic (exact) mass is 546 g/mol. The Bertz CT molecular complexity index is 1700. The van der Waals surface area contributed by atoms with Crippen molar-refractivity contribution in [3.05, 3.63) is 111 Å². The van der Waals surface area contributed by atoms with Crippen LogP contribution in [0.5, 0.6) is 0 Å². The SMILES string of the molecule is CC(C)[C@H](c1nc2c(oc3ccc(F)cc32)c(=O)n1Cc1ccccc1)N(CCN)C(=O)c1ccc(Cl)cc1. The molecule has 2 heterocycles. The number of hydrogen-bond acceptors (Lipinski definition) is 5. The maximum atomic E-state index is 14.2. The number of amides is 1.